The largest absolute Gasteiger partial charge is 0.337 e. The monoisotopic (exact) mass is 354 g/mol. The standard InChI is InChI=1S/C20H26N4O2/c1-15-8-13-23(14-9-15)19(25)17-16-7-3-6-12-24(16)18(21-17)20(26)22-10-4-2-5-11-22/h3,6-7,12,15H,2,4-5,8-11,13-14H2,1H3. The first-order chi connectivity index (χ1) is 12.6. The molecule has 4 heterocycles. The van der Waals surface area contributed by atoms with Crippen molar-refractivity contribution in [3.8, 4) is 0 Å². The van der Waals surface area contributed by atoms with Gasteiger partial charge in [0, 0.05) is 32.4 Å². The maximum Gasteiger partial charge on any atom is 0.290 e. The highest BCUT2D eigenvalue weighted by Crippen LogP contribution is 2.22. The highest BCUT2D eigenvalue weighted by molar-refractivity contribution is 6.02. The molecule has 2 saturated heterocycles. The fourth-order valence-corrected chi connectivity index (χ4v) is 3.95. The molecule has 2 aliphatic heterocycles. The summed E-state index contributed by atoms with van der Waals surface area (Å²) in [5, 5.41) is 0. The number of fused-ring (bicyclic) bond motifs is 1. The van der Waals surface area contributed by atoms with Crippen LogP contribution in [0.5, 0.6) is 0 Å². The molecule has 0 saturated carbocycles. The third kappa shape index (κ3) is 3.08. The summed E-state index contributed by atoms with van der Waals surface area (Å²) < 4.78 is 1.77. The minimum absolute atomic E-state index is 0.0571. The number of pyridine rings is 1. The van der Waals surface area contributed by atoms with Crippen molar-refractivity contribution in [1.82, 2.24) is 19.2 Å². The van der Waals surface area contributed by atoms with Gasteiger partial charge in [-0.15, -0.1) is 0 Å². The lowest BCUT2D eigenvalue weighted by molar-refractivity contribution is 0.0693. The third-order valence-corrected chi connectivity index (χ3v) is 5.66. The number of carbonyl (C=O) groups is 2. The van der Waals surface area contributed by atoms with Crippen molar-refractivity contribution in [2.24, 2.45) is 5.92 Å². The number of hydrogen-bond acceptors (Lipinski definition) is 3. The van der Waals surface area contributed by atoms with Gasteiger partial charge in [0.2, 0.25) is 5.82 Å². The van der Waals surface area contributed by atoms with Gasteiger partial charge in [0.15, 0.2) is 5.69 Å². The topological polar surface area (TPSA) is 57.9 Å². The van der Waals surface area contributed by atoms with Crippen LogP contribution in [0, 0.1) is 5.92 Å². The Morgan fingerprint density at radius 2 is 1.65 bits per heavy atom. The fourth-order valence-electron chi connectivity index (χ4n) is 3.95. The van der Waals surface area contributed by atoms with Gasteiger partial charge >= 0.3 is 0 Å². The van der Waals surface area contributed by atoms with Crippen molar-refractivity contribution in [2.45, 2.75) is 39.0 Å². The lowest BCUT2D eigenvalue weighted by Crippen LogP contribution is -2.38. The minimum Gasteiger partial charge on any atom is -0.337 e. The second kappa shape index (κ2) is 7.09. The van der Waals surface area contributed by atoms with Gasteiger partial charge in [-0.3, -0.25) is 14.0 Å². The molecule has 6 heteroatoms. The van der Waals surface area contributed by atoms with E-state index in [1.165, 1.54) is 6.42 Å². The Bertz CT molecular complexity index is 814. The Morgan fingerprint density at radius 3 is 2.38 bits per heavy atom. The normalized spacial score (nSPS) is 19.1. The molecular weight excluding hydrogens is 328 g/mol. The zero-order valence-corrected chi connectivity index (χ0v) is 15.4. The third-order valence-electron chi connectivity index (χ3n) is 5.66. The van der Waals surface area contributed by atoms with Gasteiger partial charge in [0.1, 0.15) is 0 Å². The number of amides is 2. The van der Waals surface area contributed by atoms with E-state index in [2.05, 4.69) is 11.9 Å². The number of aromatic nitrogens is 2. The number of rotatable bonds is 2. The number of piperidine rings is 2. The fraction of sp³-hybridized carbons (Fsp3) is 0.550. The Labute approximate surface area is 153 Å². The number of hydrogen-bond donors (Lipinski definition) is 0. The SMILES string of the molecule is CC1CCN(C(=O)c2nc(C(=O)N3CCCCC3)n3ccccc23)CC1. The van der Waals surface area contributed by atoms with Gasteiger partial charge in [-0.2, -0.15) is 0 Å². The van der Waals surface area contributed by atoms with Crippen molar-refractivity contribution in [3.05, 3.63) is 35.9 Å². The summed E-state index contributed by atoms with van der Waals surface area (Å²) in [5.74, 6) is 0.890. The minimum atomic E-state index is -0.0720. The molecule has 0 spiro atoms. The van der Waals surface area contributed by atoms with E-state index in [0.717, 1.165) is 57.4 Å². The number of likely N-dealkylation sites (tertiary alicyclic amines) is 2. The first-order valence-corrected chi connectivity index (χ1v) is 9.71. The molecule has 6 nitrogen and oxygen atoms in total. The Balaban J connectivity index is 1.67. The Kier molecular flexibility index (Phi) is 4.66. The van der Waals surface area contributed by atoms with Crippen LogP contribution in [0.2, 0.25) is 0 Å². The molecule has 2 fully saturated rings. The van der Waals surface area contributed by atoms with Crippen molar-refractivity contribution in [3.63, 3.8) is 0 Å². The average molecular weight is 354 g/mol. The van der Waals surface area contributed by atoms with Crippen molar-refractivity contribution >= 4 is 17.3 Å². The summed E-state index contributed by atoms with van der Waals surface area (Å²) in [7, 11) is 0. The molecule has 0 radical (unpaired) electrons. The summed E-state index contributed by atoms with van der Waals surface area (Å²) in [6, 6.07) is 5.64. The van der Waals surface area contributed by atoms with Crippen LogP contribution >= 0.6 is 0 Å². The summed E-state index contributed by atoms with van der Waals surface area (Å²) in [5.41, 5.74) is 1.12. The number of nitrogens with zero attached hydrogens (tertiary/aromatic N) is 4. The van der Waals surface area contributed by atoms with Crippen LogP contribution in [0.15, 0.2) is 24.4 Å². The van der Waals surface area contributed by atoms with Crippen molar-refractivity contribution in [1.29, 1.82) is 0 Å². The molecule has 0 atom stereocenters. The lowest BCUT2D eigenvalue weighted by atomic mass is 9.99. The van der Waals surface area contributed by atoms with Crippen LogP contribution in [0.4, 0.5) is 0 Å². The second-order valence-electron chi connectivity index (χ2n) is 7.57. The van der Waals surface area contributed by atoms with Gasteiger partial charge < -0.3 is 9.80 Å². The van der Waals surface area contributed by atoms with Crippen molar-refractivity contribution < 1.29 is 9.59 Å². The molecule has 0 bridgehead atoms. The van der Waals surface area contributed by atoms with E-state index in [9.17, 15) is 9.59 Å². The van der Waals surface area contributed by atoms with E-state index in [-0.39, 0.29) is 11.8 Å². The van der Waals surface area contributed by atoms with E-state index in [4.69, 9.17) is 0 Å². The van der Waals surface area contributed by atoms with E-state index in [1.54, 1.807) is 4.40 Å². The van der Waals surface area contributed by atoms with Crippen LogP contribution < -0.4 is 0 Å². The van der Waals surface area contributed by atoms with E-state index in [0.29, 0.717) is 17.4 Å². The van der Waals surface area contributed by atoms with E-state index < -0.39 is 0 Å². The molecule has 138 valence electrons. The van der Waals surface area contributed by atoms with Gasteiger partial charge in [-0.1, -0.05) is 13.0 Å². The Hall–Kier alpha value is -2.37. The lowest BCUT2D eigenvalue weighted by Gasteiger charge is -2.29. The summed E-state index contributed by atoms with van der Waals surface area (Å²) in [6.45, 7) is 5.30. The molecule has 2 aromatic heterocycles. The first-order valence-electron chi connectivity index (χ1n) is 9.71. The highest BCUT2D eigenvalue weighted by Gasteiger charge is 2.29. The number of imidazole rings is 1. The molecule has 0 aromatic carbocycles. The molecule has 0 aliphatic carbocycles. The molecule has 26 heavy (non-hydrogen) atoms. The maximum absolute atomic E-state index is 13.1. The molecule has 0 unspecified atom stereocenters. The predicted octanol–water partition coefficient (Wildman–Crippen LogP) is 2.83. The van der Waals surface area contributed by atoms with Crippen LogP contribution in [-0.2, 0) is 0 Å². The quantitative estimate of drug-likeness (QED) is 0.833. The summed E-state index contributed by atoms with van der Waals surface area (Å²) in [4.78, 5) is 34.3. The highest BCUT2D eigenvalue weighted by atomic mass is 16.2. The first kappa shape index (κ1) is 17.1. The summed E-state index contributed by atoms with van der Waals surface area (Å²) >= 11 is 0. The average Bonchev–Trinajstić information content (AvgIpc) is 3.08. The molecular formula is C20H26N4O2. The molecule has 0 N–H and O–H groups in total. The van der Waals surface area contributed by atoms with E-state index in [1.807, 2.05) is 34.2 Å². The molecule has 4 rings (SSSR count). The number of carbonyl (C=O) groups excluding carboxylic acids is 2. The zero-order chi connectivity index (χ0) is 18.1. The molecule has 2 aliphatic rings. The second-order valence-corrected chi connectivity index (χ2v) is 7.57. The van der Waals surface area contributed by atoms with Crippen LogP contribution in [-0.4, -0.2) is 57.2 Å². The van der Waals surface area contributed by atoms with Gasteiger partial charge in [-0.25, -0.2) is 4.98 Å². The molecule has 2 aromatic rings. The maximum atomic E-state index is 13.1. The summed E-state index contributed by atoms with van der Waals surface area (Å²) in [6.07, 6.45) is 7.12. The van der Waals surface area contributed by atoms with Crippen LogP contribution in [0.1, 0.15) is 60.1 Å². The van der Waals surface area contributed by atoms with Gasteiger partial charge in [-0.05, 0) is 50.2 Å². The predicted molar refractivity (Wildman–Crippen MR) is 99.2 cm³/mol. The van der Waals surface area contributed by atoms with Crippen molar-refractivity contribution in [2.75, 3.05) is 26.2 Å². The smallest absolute Gasteiger partial charge is 0.290 e. The zero-order valence-electron chi connectivity index (χ0n) is 15.4. The Morgan fingerprint density at radius 1 is 0.962 bits per heavy atom. The van der Waals surface area contributed by atoms with Gasteiger partial charge in [0.25, 0.3) is 11.8 Å². The van der Waals surface area contributed by atoms with Gasteiger partial charge in [0.05, 0.1) is 5.52 Å². The van der Waals surface area contributed by atoms with Crippen LogP contribution in [0.3, 0.4) is 0 Å². The molecule has 2 amide bonds. The van der Waals surface area contributed by atoms with E-state index >= 15 is 0 Å². The van der Waals surface area contributed by atoms with Crippen LogP contribution in [0.25, 0.3) is 5.52 Å².